The number of nitrogens with one attached hydrogen (secondary N) is 2. The molecule has 160 valence electrons. The topological polar surface area (TPSA) is 154 Å². The molecular formula is C19H15ClN4O6S. The van der Waals surface area contributed by atoms with Gasteiger partial charge in [0.1, 0.15) is 5.69 Å². The first-order valence-corrected chi connectivity index (χ1v) is 10.4. The van der Waals surface area contributed by atoms with E-state index < -0.39 is 26.4 Å². The molecule has 3 aromatic rings. The quantitative estimate of drug-likeness (QED) is 0.179. The van der Waals surface area contributed by atoms with E-state index in [1.165, 1.54) is 54.6 Å². The molecule has 0 aliphatic rings. The summed E-state index contributed by atoms with van der Waals surface area (Å²) in [6, 6.07) is 13.4. The number of hydrogen-bond donors (Lipinski definition) is 4. The average molecular weight is 463 g/mol. The molecule has 0 aliphatic heterocycles. The van der Waals surface area contributed by atoms with Crippen LogP contribution in [-0.4, -0.2) is 29.8 Å². The number of nitrogens with zero attached hydrogens (tertiary/aromatic N) is 2. The van der Waals surface area contributed by atoms with Crippen LogP contribution in [0.4, 0.5) is 17.1 Å². The number of phenols is 2. The van der Waals surface area contributed by atoms with Gasteiger partial charge in [-0.1, -0.05) is 17.7 Å². The Morgan fingerprint density at radius 2 is 1.77 bits per heavy atom. The fourth-order valence-corrected chi connectivity index (χ4v) is 3.68. The van der Waals surface area contributed by atoms with E-state index in [1.54, 1.807) is 0 Å². The van der Waals surface area contributed by atoms with Gasteiger partial charge in [-0.05, 0) is 48.5 Å². The van der Waals surface area contributed by atoms with Crippen molar-refractivity contribution in [1.29, 1.82) is 0 Å². The fraction of sp³-hybridized carbons (Fsp3) is 0. The minimum atomic E-state index is -4.10. The van der Waals surface area contributed by atoms with E-state index in [4.69, 9.17) is 11.6 Å². The number of benzene rings is 3. The molecule has 31 heavy (non-hydrogen) atoms. The Balaban J connectivity index is 1.85. The molecule has 0 fully saturated rings. The van der Waals surface area contributed by atoms with Crippen LogP contribution in [0.5, 0.6) is 11.5 Å². The number of nitro groups is 1. The summed E-state index contributed by atoms with van der Waals surface area (Å²) in [7, 11) is -4.10. The van der Waals surface area contributed by atoms with Crippen LogP contribution in [0.25, 0.3) is 0 Å². The minimum Gasteiger partial charge on any atom is -0.504 e. The third-order valence-electron chi connectivity index (χ3n) is 4.01. The predicted molar refractivity (Wildman–Crippen MR) is 116 cm³/mol. The minimum absolute atomic E-state index is 0.0775. The third kappa shape index (κ3) is 5.21. The lowest BCUT2D eigenvalue weighted by Gasteiger charge is -2.09. The second-order valence-corrected chi connectivity index (χ2v) is 8.25. The van der Waals surface area contributed by atoms with Crippen molar-refractivity contribution in [2.24, 2.45) is 5.10 Å². The molecule has 0 spiro atoms. The van der Waals surface area contributed by atoms with Gasteiger partial charge in [-0.15, -0.1) is 0 Å². The van der Waals surface area contributed by atoms with Crippen LogP contribution >= 0.6 is 11.6 Å². The van der Waals surface area contributed by atoms with Crippen molar-refractivity contribution in [3.63, 3.8) is 0 Å². The number of halogens is 1. The first kappa shape index (κ1) is 21.9. The van der Waals surface area contributed by atoms with Crippen molar-refractivity contribution in [2.75, 3.05) is 10.1 Å². The molecule has 10 nitrogen and oxygen atoms in total. The molecule has 0 unspecified atom stereocenters. The van der Waals surface area contributed by atoms with E-state index >= 15 is 0 Å². The highest BCUT2D eigenvalue weighted by molar-refractivity contribution is 7.92. The van der Waals surface area contributed by atoms with E-state index in [9.17, 15) is 28.7 Å². The Labute approximate surface area is 181 Å². The van der Waals surface area contributed by atoms with Crippen LogP contribution in [0, 0.1) is 10.1 Å². The van der Waals surface area contributed by atoms with E-state index in [0.29, 0.717) is 5.02 Å². The van der Waals surface area contributed by atoms with Gasteiger partial charge in [0, 0.05) is 22.3 Å². The molecule has 0 amide bonds. The van der Waals surface area contributed by atoms with Crippen molar-refractivity contribution >= 4 is 44.9 Å². The highest BCUT2D eigenvalue weighted by atomic mass is 35.5. The molecule has 4 N–H and O–H groups in total. The second kappa shape index (κ2) is 8.90. The first-order valence-electron chi connectivity index (χ1n) is 8.54. The Morgan fingerprint density at radius 1 is 1.06 bits per heavy atom. The van der Waals surface area contributed by atoms with Gasteiger partial charge in [0.2, 0.25) is 0 Å². The van der Waals surface area contributed by atoms with Gasteiger partial charge in [0.25, 0.3) is 15.7 Å². The largest absolute Gasteiger partial charge is 0.504 e. The van der Waals surface area contributed by atoms with Crippen molar-refractivity contribution in [3.05, 3.63) is 81.4 Å². The molecule has 3 aromatic carbocycles. The third-order valence-corrected chi connectivity index (χ3v) is 5.64. The molecule has 3 rings (SSSR count). The van der Waals surface area contributed by atoms with Crippen LogP contribution in [-0.2, 0) is 10.0 Å². The van der Waals surface area contributed by atoms with Crippen molar-refractivity contribution in [3.8, 4) is 11.5 Å². The number of nitro benzene ring substituents is 1. The number of phenolic OH excluding ortho intramolecular Hbond substituents is 2. The van der Waals surface area contributed by atoms with Crippen molar-refractivity contribution < 1.29 is 23.6 Å². The molecule has 0 heterocycles. The highest BCUT2D eigenvalue weighted by Crippen LogP contribution is 2.30. The maximum absolute atomic E-state index is 12.6. The number of aromatic hydroxyl groups is 2. The zero-order valence-corrected chi connectivity index (χ0v) is 17.1. The van der Waals surface area contributed by atoms with Crippen LogP contribution in [0.1, 0.15) is 5.56 Å². The Bertz CT molecular complexity index is 1260. The summed E-state index contributed by atoms with van der Waals surface area (Å²) in [5, 5.41) is 34.9. The lowest BCUT2D eigenvalue weighted by Crippen LogP contribution is -2.13. The standard InChI is InChI=1S/C19H15ClN4O6S/c20-13-4-6-14(7-5-13)23-31(29,30)15-8-9-16(17(10-15)24(27)28)22-21-11-12-2-1-3-18(25)19(12)26/h1-11,22-23,25-26H/b21-11+. The zero-order valence-electron chi connectivity index (χ0n) is 15.6. The number of sulfonamides is 1. The lowest BCUT2D eigenvalue weighted by atomic mass is 10.2. The van der Waals surface area contributed by atoms with E-state index in [2.05, 4.69) is 15.2 Å². The normalized spacial score (nSPS) is 11.4. The van der Waals surface area contributed by atoms with E-state index in [1.807, 2.05) is 0 Å². The van der Waals surface area contributed by atoms with Crippen molar-refractivity contribution in [1.82, 2.24) is 0 Å². The average Bonchev–Trinajstić information content (AvgIpc) is 2.72. The molecule has 0 radical (unpaired) electrons. The Hall–Kier alpha value is -3.83. The molecule has 12 heteroatoms. The van der Waals surface area contributed by atoms with Gasteiger partial charge in [-0.2, -0.15) is 5.10 Å². The summed E-state index contributed by atoms with van der Waals surface area (Å²) in [6.07, 6.45) is 1.14. The van der Waals surface area contributed by atoms with Gasteiger partial charge in [0.15, 0.2) is 11.5 Å². The monoisotopic (exact) mass is 462 g/mol. The van der Waals surface area contributed by atoms with Gasteiger partial charge in [-0.25, -0.2) is 8.42 Å². The summed E-state index contributed by atoms with van der Waals surface area (Å²) in [5.74, 6) is -0.755. The van der Waals surface area contributed by atoms with E-state index in [-0.39, 0.29) is 27.6 Å². The Kier molecular flexibility index (Phi) is 6.28. The summed E-state index contributed by atoms with van der Waals surface area (Å²) in [6.45, 7) is 0. The highest BCUT2D eigenvalue weighted by Gasteiger charge is 2.21. The van der Waals surface area contributed by atoms with Gasteiger partial charge in [0.05, 0.1) is 16.0 Å². The van der Waals surface area contributed by atoms with Gasteiger partial charge < -0.3 is 10.2 Å². The maximum Gasteiger partial charge on any atom is 0.295 e. The SMILES string of the molecule is O=[N+]([O-])c1cc(S(=O)(=O)Nc2ccc(Cl)cc2)ccc1N/N=C/c1cccc(O)c1O. The number of hydrogen-bond acceptors (Lipinski definition) is 8. The predicted octanol–water partition coefficient (Wildman–Crippen LogP) is 3.91. The van der Waals surface area contributed by atoms with Crippen LogP contribution in [0.3, 0.4) is 0 Å². The van der Waals surface area contributed by atoms with E-state index in [0.717, 1.165) is 12.3 Å². The maximum atomic E-state index is 12.6. The molecule has 0 saturated heterocycles. The van der Waals surface area contributed by atoms with Crippen LogP contribution < -0.4 is 10.1 Å². The lowest BCUT2D eigenvalue weighted by molar-refractivity contribution is -0.384. The fourth-order valence-electron chi connectivity index (χ4n) is 2.48. The Morgan fingerprint density at radius 3 is 2.45 bits per heavy atom. The van der Waals surface area contributed by atoms with Gasteiger partial charge >= 0.3 is 0 Å². The van der Waals surface area contributed by atoms with Crippen molar-refractivity contribution in [2.45, 2.75) is 4.90 Å². The molecular weight excluding hydrogens is 448 g/mol. The summed E-state index contributed by atoms with van der Waals surface area (Å²) >= 11 is 5.77. The number of hydrazone groups is 1. The number of anilines is 2. The summed E-state index contributed by atoms with van der Waals surface area (Å²) in [4.78, 5) is 10.4. The molecule has 0 atom stereocenters. The van der Waals surface area contributed by atoms with Gasteiger partial charge in [-0.3, -0.25) is 20.3 Å². The second-order valence-electron chi connectivity index (χ2n) is 6.13. The number of para-hydroxylation sites is 1. The van der Waals surface area contributed by atoms with Crippen LogP contribution in [0.2, 0.25) is 5.02 Å². The zero-order chi connectivity index (χ0) is 22.6. The summed E-state index contributed by atoms with van der Waals surface area (Å²) < 4.78 is 27.5. The first-order chi connectivity index (χ1) is 14.7. The smallest absolute Gasteiger partial charge is 0.295 e. The summed E-state index contributed by atoms with van der Waals surface area (Å²) in [5.41, 5.74) is 2.23. The van der Waals surface area contributed by atoms with Crippen LogP contribution in [0.15, 0.2) is 70.7 Å². The molecule has 0 bridgehead atoms. The number of rotatable bonds is 7. The molecule has 0 saturated carbocycles. The molecule has 0 aliphatic carbocycles. The molecule has 0 aromatic heterocycles.